The van der Waals surface area contributed by atoms with Gasteiger partial charge in [-0.25, -0.2) is 0 Å². The van der Waals surface area contributed by atoms with Crippen molar-refractivity contribution in [3.63, 3.8) is 0 Å². The molecule has 0 aromatic rings. The second-order valence-corrected chi connectivity index (χ2v) is 0.841. The van der Waals surface area contributed by atoms with Crippen LogP contribution in [0.2, 0.25) is 0 Å². The van der Waals surface area contributed by atoms with Crippen LogP contribution in [0.15, 0.2) is 0 Å². The molecule has 0 aromatic heterocycles. The predicted molar refractivity (Wildman–Crippen MR) is 25.6 cm³/mol. The Bertz CT molecular complexity index is 15.7. The van der Waals surface area contributed by atoms with Crippen molar-refractivity contribution in [1.29, 1.82) is 0 Å². The van der Waals surface area contributed by atoms with E-state index in [0.29, 0.717) is 0 Å². The van der Waals surface area contributed by atoms with Gasteiger partial charge in [-0.05, 0) is 6.92 Å². The van der Waals surface area contributed by atoms with Gasteiger partial charge in [0.25, 0.3) is 0 Å². The van der Waals surface area contributed by atoms with E-state index in [0.717, 1.165) is 0 Å². The van der Waals surface area contributed by atoms with Gasteiger partial charge in [-0.1, -0.05) is 0 Å². The Hall–Kier alpha value is 1.08. The van der Waals surface area contributed by atoms with Crippen LogP contribution in [-0.4, -0.2) is 11.7 Å². The van der Waals surface area contributed by atoms with Crippen LogP contribution < -0.4 is 0 Å². The van der Waals surface area contributed by atoms with E-state index in [4.69, 9.17) is 5.11 Å². The monoisotopic (exact) mass is 183 g/mol. The Morgan fingerprint density at radius 1 is 1.57 bits per heavy atom. The van der Waals surface area contributed by atoms with Crippen molar-refractivity contribution >= 4 is 23.7 Å². The zero-order valence-corrected chi connectivity index (χ0v) is 6.67. The molecule has 5 heteroatoms. The molecule has 0 unspecified atom stereocenters. The third kappa shape index (κ3) is 156. The Labute approximate surface area is 65.0 Å². The maximum absolute atomic E-state index is 7.57. The minimum absolute atomic E-state index is 0. The smallest absolute Gasteiger partial charge is 0.0832 e. The van der Waals surface area contributed by atoms with Crippen molar-refractivity contribution in [2.24, 2.45) is 0 Å². The molecule has 0 atom stereocenters. The molecule has 45 valence electrons. The molecule has 0 saturated carbocycles. The summed E-state index contributed by atoms with van der Waals surface area (Å²) in [6, 6.07) is 0. The number of aliphatic hydroxyl groups is 1. The van der Waals surface area contributed by atoms with Gasteiger partial charge in [0.1, 0.15) is 0 Å². The molecule has 0 aliphatic carbocycles. The number of aliphatic hydroxyl groups excluding tert-OH is 1. The predicted octanol–water partition coefficient (Wildman–Crippen LogP) is 1.31. The van der Waals surface area contributed by atoms with Crippen LogP contribution in [0.4, 0.5) is 0 Å². The largest absolute Gasteiger partial charge is 0.397 e. The van der Waals surface area contributed by atoms with E-state index in [9.17, 15) is 0 Å². The van der Waals surface area contributed by atoms with E-state index in [1.165, 1.54) is 0 Å². The van der Waals surface area contributed by atoms with Crippen LogP contribution in [0.3, 0.4) is 0 Å². The molecule has 0 aliphatic heterocycles. The summed E-state index contributed by atoms with van der Waals surface area (Å²) in [5, 5.41) is 7.57. The second kappa shape index (κ2) is 27.6. The van der Waals surface area contributed by atoms with Gasteiger partial charge in [0, 0.05) is 25.2 Å². The van der Waals surface area contributed by atoms with E-state index < -0.39 is 0 Å². The van der Waals surface area contributed by atoms with Gasteiger partial charge < -0.3 is 5.11 Å². The average Bonchev–Trinajstić information content (AvgIpc) is 1.39. The van der Waals surface area contributed by atoms with Crippen molar-refractivity contribution < 1.29 is 27.5 Å². The van der Waals surface area contributed by atoms with Gasteiger partial charge in [-0.3, -0.25) is 0 Å². The molecule has 0 bridgehead atoms. The maximum Gasteiger partial charge on any atom is 0.0832 e. The molecule has 0 aliphatic rings. The Morgan fingerprint density at radius 3 is 1.57 bits per heavy atom. The van der Waals surface area contributed by atoms with Crippen molar-refractivity contribution in [1.82, 2.24) is 0 Å². The number of rotatable bonds is 0. The molecule has 0 rings (SSSR count). The molecular weight excluding hydrogens is 178 g/mol. The van der Waals surface area contributed by atoms with Gasteiger partial charge in [-0.2, -0.15) is 3.84 Å². The molecule has 2 nitrogen and oxygen atoms in total. The minimum Gasteiger partial charge on any atom is -0.397 e. The number of hydrogen-bond donors (Lipinski definition) is 1. The molecule has 0 saturated heterocycles. The molecule has 0 fully saturated rings. The van der Waals surface area contributed by atoms with Crippen LogP contribution in [0, 0.1) is 0 Å². The fourth-order valence-electron chi connectivity index (χ4n) is 0. The van der Waals surface area contributed by atoms with Crippen molar-refractivity contribution in [2.75, 3.05) is 6.61 Å². The first-order chi connectivity index (χ1) is 2.83. The van der Waals surface area contributed by atoms with Gasteiger partial charge in [0.15, 0.2) is 0 Å². The molecule has 0 heterocycles. The summed E-state index contributed by atoms with van der Waals surface area (Å²) in [5.41, 5.74) is 0. The van der Waals surface area contributed by atoms with Gasteiger partial charge in [0.2, 0.25) is 0 Å². The first-order valence-electron chi connectivity index (χ1n) is 1.33. The van der Waals surface area contributed by atoms with Gasteiger partial charge >= 0.3 is 0 Å². The molecule has 1 N–H and O–H groups in total. The fraction of sp³-hybridized carbons (Fsp3) is 1.00. The molecule has 0 spiro atoms. The zero-order chi connectivity index (χ0) is 5.41. The van der Waals surface area contributed by atoms with Crippen molar-refractivity contribution in [3.05, 3.63) is 0 Å². The standard InChI is InChI=1S/C2H6O.Cl2O.V/c1-2-3;1-3-2;/h3H,2H2,1H3;;. The van der Waals surface area contributed by atoms with E-state index in [2.05, 4.69) is 27.6 Å². The van der Waals surface area contributed by atoms with Crippen LogP contribution in [0.25, 0.3) is 0 Å². The number of halogens is 2. The molecule has 0 aromatic carbocycles. The topological polar surface area (TPSA) is 29.5 Å². The Morgan fingerprint density at radius 2 is 1.57 bits per heavy atom. The first kappa shape index (κ1) is 15.7. The van der Waals surface area contributed by atoms with Gasteiger partial charge in [-0.15, -0.1) is 0 Å². The second-order valence-electron chi connectivity index (χ2n) is 0.375. The van der Waals surface area contributed by atoms with Crippen LogP contribution >= 0.6 is 23.7 Å². The first-order valence-corrected chi connectivity index (χ1v) is 1.95. The quantitative estimate of drug-likeness (QED) is 0.614. The van der Waals surface area contributed by atoms with Crippen LogP contribution in [0.1, 0.15) is 6.92 Å². The molecule has 0 amide bonds. The van der Waals surface area contributed by atoms with E-state index in [1.54, 1.807) is 6.92 Å². The summed E-state index contributed by atoms with van der Waals surface area (Å²) in [7, 11) is 0. The van der Waals surface area contributed by atoms with Crippen LogP contribution in [0.5, 0.6) is 0 Å². The third-order valence-electron chi connectivity index (χ3n) is 0. The summed E-state index contributed by atoms with van der Waals surface area (Å²) < 4.78 is 3.19. The number of hydrogen-bond acceptors (Lipinski definition) is 2. The Kier molecular flexibility index (Phi) is 61.8. The summed E-state index contributed by atoms with van der Waals surface area (Å²) in [6.45, 7) is 1.93. The summed E-state index contributed by atoms with van der Waals surface area (Å²) in [4.78, 5) is 0. The summed E-state index contributed by atoms with van der Waals surface area (Å²) >= 11 is 8.53. The average molecular weight is 184 g/mol. The summed E-state index contributed by atoms with van der Waals surface area (Å²) in [6.07, 6.45) is 0. The van der Waals surface area contributed by atoms with E-state index >= 15 is 0 Å². The zero-order valence-electron chi connectivity index (χ0n) is 3.77. The molecular formula is C2H6Cl2O2V. The van der Waals surface area contributed by atoms with E-state index in [1.807, 2.05) is 0 Å². The van der Waals surface area contributed by atoms with Crippen molar-refractivity contribution in [3.8, 4) is 0 Å². The molecule has 1 radical (unpaired) electrons. The van der Waals surface area contributed by atoms with E-state index in [-0.39, 0.29) is 25.2 Å². The van der Waals surface area contributed by atoms with Crippen molar-refractivity contribution in [2.45, 2.75) is 6.92 Å². The van der Waals surface area contributed by atoms with Gasteiger partial charge in [0.05, 0.1) is 23.7 Å². The maximum atomic E-state index is 7.57. The fourth-order valence-corrected chi connectivity index (χ4v) is 0. The Balaban J connectivity index is -0.0000000400. The molecule has 7 heavy (non-hydrogen) atoms. The van der Waals surface area contributed by atoms with Crippen LogP contribution in [-0.2, 0) is 22.4 Å². The minimum atomic E-state index is 0. The third-order valence-corrected chi connectivity index (χ3v) is 0. The SMILES string of the molecule is CCO.ClOCl.[V]. The normalized spacial score (nSPS) is 5.14. The summed E-state index contributed by atoms with van der Waals surface area (Å²) in [5.74, 6) is 0.